The van der Waals surface area contributed by atoms with Crippen LogP contribution in [0.5, 0.6) is 5.75 Å². The summed E-state index contributed by atoms with van der Waals surface area (Å²) in [6, 6.07) is 19.1. The van der Waals surface area contributed by atoms with E-state index in [1.807, 2.05) is 56.3 Å². The van der Waals surface area contributed by atoms with Gasteiger partial charge in [-0.15, -0.1) is 0 Å². The number of amides is 1. The van der Waals surface area contributed by atoms with Crippen LogP contribution in [0.25, 0.3) is 10.2 Å². The summed E-state index contributed by atoms with van der Waals surface area (Å²) in [7, 11) is -2.08. The maximum Gasteiger partial charge on any atom is 0.280 e. The molecule has 41 heavy (non-hydrogen) atoms. The molecule has 11 heteroatoms. The van der Waals surface area contributed by atoms with E-state index in [-0.39, 0.29) is 4.90 Å². The minimum Gasteiger partial charge on any atom is -0.497 e. The highest BCUT2D eigenvalue weighted by atomic mass is 79.9. The molecule has 0 N–H and O–H groups in total. The summed E-state index contributed by atoms with van der Waals surface area (Å²) in [5, 5.41) is 6.16. The SMILES string of the molecule is CCCCN(CCCC)S(=O)(=O)c1ccc(C(=O)N(/N=C/c2ccc(OC)cc2)c2nc3ccc(Br)cc3s2)cc1. The Hall–Kier alpha value is -3.12. The second kappa shape index (κ2) is 14.2. The van der Waals surface area contributed by atoms with Gasteiger partial charge in [-0.2, -0.15) is 14.4 Å². The van der Waals surface area contributed by atoms with E-state index >= 15 is 0 Å². The number of rotatable bonds is 13. The first-order valence-corrected chi connectivity index (χ1v) is 16.5. The third-order valence-corrected chi connectivity index (χ3v) is 9.81. The van der Waals surface area contributed by atoms with Crippen LogP contribution in [0.15, 0.2) is 81.2 Å². The topological polar surface area (TPSA) is 92.2 Å². The Morgan fingerprint density at radius 1 is 1.00 bits per heavy atom. The number of carbonyl (C=O) groups excluding carboxylic acids is 1. The summed E-state index contributed by atoms with van der Waals surface area (Å²) < 4.78 is 35.4. The first-order valence-electron chi connectivity index (χ1n) is 13.5. The Balaban J connectivity index is 1.66. The molecule has 0 aliphatic heterocycles. The maximum atomic E-state index is 13.8. The van der Waals surface area contributed by atoms with Crippen molar-refractivity contribution in [2.45, 2.75) is 44.4 Å². The Labute approximate surface area is 253 Å². The molecule has 8 nitrogen and oxygen atoms in total. The molecule has 0 aliphatic rings. The molecule has 0 bridgehead atoms. The molecule has 216 valence electrons. The molecule has 0 atom stereocenters. The lowest BCUT2D eigenvalue weighted by Gasteiger charge is -2.22. The van der Waals surface area contributed by atoms with Crippen molar-refractivity contribution in [3.05, 3.63) is 82.3 Å². The van der Waals surface area contributed by atoms with Gasteiger partial charge in [0.1, 0.15) is 5.75 Å². The van der Waals surface area contributed by atoms with Crippen molar-refractivity contribution < 1.29 is 17.9 Å². The molecule has 4 rings (SSSR count). The number of hydrogen-bond donors (Lipinski definition) is 0. The minimum atomic E-state index is -3.68. The van der Waals surface area contributed by atoms with Crippen molar-refractivity contribution in [2.75, 3.05) is 25.2 Å². The molecule has 0 saturated carbocycles. The number of aromatic nitrogens is 1. The Bertz CT molecular complexity index is 1600. The largest absolute Gasteiger partial charge is 0.497 e. The number of ether oxygens (including phenoxy) is 1. The number of methoxy groups -OCH3 is 1. The number of hydrazone groups is 1. The standard InChI is InChI=1S/C30H33BrN4O4S2/c1-4-6-18-34(19-7-5-2)41(37,38)26-15-10-23(11-16-26)29(36)35(32-21-22-8-13-25(39-3)14-9-22)30-33-27-17-12-24(31)20-28(27)40-30/h8-17,20-21H,4-7,18-19H2,1-3H3/b32-21+. The van der Waals surface area contributed by atoms with E-state index in [4.69, 9.17) is 4.74 Å². The number of benzene rings is 3. The van der Waals surface area contributed by atoms with Crippen LogP contribution in [0.2, 0.25) is 0 Å². The molecule has 0 saturated heterocycles. The quantitative estimate of drug-likeness (QED) is 0.111. The van der Waals surface area contributed by atoms with Gasteiger partial charge in [0.15, 0.2) is 0 Å². The van der Waals surface area contributed by atoms with E-state index in [9.17, 15) is 13.2 Å². The van der Waals surface area contributed by atoms with E-state index < -0.39 is 15.9 Å². The van der Waals surface area contributed by atoms with Gasteiger partial charge in [-0.25, -0.2) is 13.4 Å². The molecule has 1 aromatic heterocycles. The molecule has 0 aliphatic carbocycles. The van der Waals surface area contributed by atoms with E-state index in [0.717, 1.165) is 45.9 Å². The van der Waals surface area contributed by atoms with E-state index in [1.165, 1.54) is 40.6 Å². The highest BCUT2D eigenvalue weighted by molar-refractivity contribution is 9.10. The Kier molecular flexibility index (Phi) is 10.7. The van der Waals surface area contributed by atoms with Gasteiger partial charge in [0.05, 0.1) is 28.4 Å². The molecule has 3 aromatic carbocycles. The molecule has 1 amide bonds. The molecular weight excluding hydrogens is 624 g/mol. The van der Waals surface area contributed by atoms with Crippen LogP contribution < -0.4 is 9.75 Å². The zero-order valence-corrected chi connectivity index (χ0v) is 26.5. The predicted octanol–water partition coefficient (Wildman–Crippen LogP) is 7.34. The fourth-order valence-electron chi connectivity index (χ4n) is 4.04. The first kappa shape index (κ1) is 30.8. The highest BCUT2D eigenvalue weighted by Crippen LogP contribution is 2.32. The van der Waals surface area contributed by atoms with Crippen molar-refractivity contribution in [1.82, 2.24) is 9.29 Å². The average molecular weight is 658 g/mol. The van der Waals surface area contributed by atoms with Crippen molar-refractivity contribution in [3.63, 3.8) is 0 Å². The number of thiazole rings is 1. The van der Waals surface area contributed by atoms with E-state index in [2.05, 4.69) is 26.0 Å². The van der Waals surface area contributed by atoms with Crippen LogP contribution in [0.3, 0.4) is 0 Å². The van der Waals surface area contributed by atoms with Crippen LogP contribution >= 0.6 is 27.3 Å². The third kappa shape index (κ3) is 7.59. The Morgan fingerprint density at radius 3 is 2.27 bits per heavy atom. The maximum absolute atomic E-state index is 13.8. The zero-order valence-electron chi connectivity index (χ0n) is 23.3. The molecule has 0 radical (unpaired) electrons. The van der Waals surface area contributed by atoms with Crippen LogP contribution in [-0.2, 0) is 10.0 Å². The number of sulfonamides is 1. The average Bonchev–Trinajstić information content (AvgIpc) is 3.40. The predicted molar refractivity (Wildman–Crippen MR) is 170 cm³/mol. The van der Waals surface area contributed by atoms with Crippen LogP contribution in [0, 0.1) is 0 Å². The summed E-state index contributed by atoms with van der Waals surface area (Å²) in [4.78, 5) is 18.6. The molecule has 0 unspecified atom stereocenters. The molecule has 1 heterocycles. The van der Waals surface area contributed by atoms with Crippen molar-refractivity contribution >= 4 is 64.8 Å². The third-order valence-electron chi connectivity index (χ3n) is 6.41. The smallest absolute Gasteiger partial charge is 0.280 e. The van der Waals surface area contributed by atoms with Crippen LogP contribution in [0.1, 0.15) is 55.5 Å². The van der Waals surface area contributed by atoms with Gasteiger partial charge in [-0.1, -0.05) is 54.0 Å². The lowest BCUT2D eigenvalue weighted by Crippen LogP contribution is -2.33. The van der Waals surface area contributed by atoms with Gasteiger partial charge in [-0.05, 0) is 85.1 Å². The number of halogens is 1. The number of anilines is 1. The van der Waals surface area contributed by atoms with Gasteiger partial charge < -0.3 is 4.74 Å². The molecular formula is C30H33BrN4O4S2. The van der Waals surface area contributed by atoms with Gasteiger partial charge >= 0.3 is 0 Å². The number of carbonyl (C=O) groups is 1. The zero-order chi connectivity index (χ0) is 29.4. The van der Waals surface area contributed by atoms with Crippen molar-refractivity contribution in [3.8, 4) is 5.75 Å². The molecule has 0 spiro atoms. The fourth-order valence-corrected chi connectivity index (χ4v) is 7.03. The summed E-state index contributed by atoms with van der Waals surface area (Å²) in [6.07, 6.45) is 4.97. The Morgan fingerprint density at radius 2 is 1.66 bits per heavy atom. The van der Waals surface area contributed by atoms with E-state index in [0.29, 0.717) is 29.5 Å². The number of hydrogen-bond acceptors (Lipinski definition) is 7. The van der Waals surface area contributed by atoms with Gasteiger partial charge in [0.25, 0.3) is 5.91 Å². The summed E-state index contributed by atoms with van der Waals surface area (Å²) in [5.41, 5.74) is 1.81. The summed E-state index contributed by atoms with van der Waals surface area (Å²) in [5.74, 6) is 0.287. The second-order valence-corrected chi connectivity index (χ2v) is 13.2. The van der Waals surface area contributed by atoms with Gasteiger partial charge in [0.2, 0.25) is 15.2 Å². The highest BCUT2D eigenvalue weighted by Gasteiger charge is 2.25. The lowest BCUT2D eigenvalue weighted by atomic mass is 10.2. The van der Waals surface area contributed by atoms with Crippen molar-refractivity contribution in [2.24, 2.45) is 5.10 Å². The normalized spacial score (nSPS) is 11.9. The minimum absolute atomic E-state index is 0.166. The van der Waals surface area contributed by atoms with E-state index in [1.54, 1.807) is 17.6 Å². The van der Waals surface area contributed by atoms with Crippen LogP contribution in [0.4, 0.5) is 5.13 Å². The van der Waals surface area contributed by atoms with Crippen LogP contribution in [-0.4, -0.2) is 50.0 Å². The molecule has 0 fully saturated rings. The summed E-state index contributed by atoms with van der Waals surface area (Å²) >= 11 is 4.82. The lowest BCUT2D eigenvalue weighted by molar-refractivity contribution is 0.0987. The van der Waals surface area contributed by atoms with Gasteiger partial charge in [-0.3, -0.25) is 4.79 Å². The number of nitrogens with zero attached hydrogens (tertiary/aromatic N) is 4. The van der Waals surface area contributed by atoms with Gasteiger partial charge in [0, 0.05) is 23.1 Å². The monoisotopic (exact) mass is 656 g/mol. The molecule has 4 aromatic rings. The fraction of sp³-hybridized carbons (Fsp3) is 0.300. The summed E-state index contributed by atoms with van der Waals surface area (Å²) in [6.45, 7) is 5.03. The second-order valence-electron chi connectivity index (χ2n) is 9.38. The number of unbranched alkanes of at least 4 members (excludes halogenated alkanes) is 2. The van der Waals surface area contributed by atoms with Crippen molar-refractivity contribution in [1.29, 1.82) is 0 Å². The number of fused-ring (bicyclic) bond motifs is 1. The first-order chi connectivity index (χ1) is 19.8.